The van der Waals surface area contributed by atoms with Crippen LogP contribution in [0.4, 0.5) is 0 Å². The van der Waals surface area contributed by atoms with Gasteiger partial charge in [0.05, 0.1) is 30.5 Å². The molecule has 1 rings (SSSR count). The molecule has 5 atom stereocenters. The van der Waals surface area contributed by atoms with Crippen LogP contribution < -0.4 is 0 Å². The first-order chi connectivity index (χ1) is 13.4. The topological polar surface area (TPSA) is 107 Å². The molecule has 1 aliphatic rings. The molecule has 1 aliphatic heterocycles. The van der Waals surface area contributed by atoms with Crippen molar-refractivity contribution in [3.8, 4) is 0 Å². The predicted molar refractivity (Wildman–Crippen MR) is 109 cm³/mol. The zero-order chi connectivity index (χ0) is 20.8. The highest BCUT2D eigenvalue weighted by atomic mass is 16.5. The molecular weight excluding hydrogens is 360 g/mol. The normalized spacial score (nSPS) is 25.5. The van der Waals surface area contributed by atoms with E-state index in [9.17, 15) is 20.1 Å². The summed E-state index contributed by atoms with van der Waals surface area (Å²) >= 11 is 0. The van der Waals surface area contributed by atoms with Gasteiger partial charge < -0.3 is 25.2 Å². The number of hydrogen-bond acceptors (Lipinski definition) is 5. The molecular formula is C22H34O6. The summed E-state index contributed by atoms with van der Waals surface area (Å²) in [5.41, 5.74) is 0. The Kier molecular flexibility index (Phi) is 12.4. The average molecular weight is 395 g/mol. The van der Waals surface area contributed by atoms with Crippen LogP contribution in [0.2, 0.25) is 0 Å². The lowest BCUT2D eigenvalue weighted by atomic mass is 10.0. The summed E-state index contributed by atoms with van der Waals surface area (Å²) in [4.78, 5) is 10.4. The van der Waals surface area contributed by atoms with E-state index in [4.69, 9.17) is 9.84 Å². The van der Waals surface area contributed by atoms with Gasteiger partial charge in [-0.05, 0) is 32.1 Å². The van der Waals surface area contributed by atoms with E-state index in [1.165, 1.54) is 6.08 Å². The minimum atomic E-state index is -0.837. The lowest BCUT2D eigenvalue weighted by Crippen LogP contribution is -2.24. The standard InChI is InChI=1S/C22H34O6/c1-2-17(23)14-15-18(24)21-16-19(25)20(28-21)12-10-8-6-4-3-5-7-9-11-13-22(26)27/h3-4,7-10,14-15,17-21,23-25H,2,5-6,11-13,16H2,1H3,(H,26,27)/b4-3-,9-7-,10-8-,15-14+/t17-,18-,19+,20+,21+/m0/s1. The maximum atomic E-state index is 10.4. The lowest BCUT2D eigenvalue weighted by molar-refractivity contribution is -0.136. The van der Waals surface area contributed by atoms with Gasteiger partial charge in [-0.3, -0.25) is 4.79 Å². The third-order valence-electron chi connectivity index (χ3n) is 4.52. The summed E-state index contributed by atoms with van der Waals surface area (Å²) in [5.74, 6) is -0.783. The van der Waals surface area contributed by atoms with Crippen LogP contribution in [-0.4, -0.2) is 56.9 Å². The number of aliphatic hydroxyl groups excluding tert-OH is 3. The molecule has 0 aromatic heterocycles. The number of ether oxygens (including phenoxy) is 1. The van der Waals surface area contributed by atoms with Gasteiger partial charge in [0.25, 0.3) is 0 Å². The second-order valence-corrected chi connectivity index (χ2v) is 6.92. The van der Waals surface area contributed by atoms with Gasteiger partial charge in [0.1, 0.15) is 0 Å². The van der Waals surface area contributed by atoms with Crippen molar-refractivity contribution in [1.29, 1.82) is 0 Å². The number of carboxylic acid groups (broad SMARTS) is 1. The Labute approximate surface area is 167 Å². The lowest BCUT2D eigenvalue weighted by Gasteiger charge is -2.16. The molecule has 6 nitrogen and oxygen atoms in total. The quantitative estimate of drug-likeness (QED) is 0.358. The molecule has 28 heavy (non-hydrogen) atoms. The second kappa shape index (κ2) is 14.3. The number of aliphatic hydroxyl groups is 3. The van der Waals surface area contributed by atoms with E-state index < -0.39 is 30.4 Å². The molecule has 4 N–H and O–H groups in total. The summed E-state index contributed by atoms with van der Waals surface area (Å²) in [7, 11) is 0. The molecule has 0 spiro atoms. The van der Waals surface area contributed by atoms with Crippen molar-refractivity contribution in [1.82, 2.24) is 0 Å². The first kappa shape index (κ1) is 24.3. The molecule has 0 bridgehead atoms. The van der Waals surface area contributed by atoms with E-state index in [-0.39, 0.29) is 12.5 Å². The van der Waals surface area contributed by atoms with Gasteiger partial charge in [-0.2, -0.15) is 0 Å². The van der Waals surface area contributed by atoms with Crippen molar-refractivity contribution < 1.29 is 30.0 Å². The smallest absolute Gasteiger partial charge is 0.303 e. The molecule has 0 aliphatic carbocycles. The molecule has 0 amide bonds. The predicted octanol–water partition coefficient (Wildman–Crippen LogP) is 2.90. The van der Waals surface area contributed by atoms with Gasteiger partial charge in [-0.15, -0.1) is 0 Å². The Hall–Kier alpha value is -1.73. The van der Waals surface area contributed by atoms with Crippen molar-refractivity contribution in [2.45, 2.75) is 82.4 Å². The molecule has 6 heteroatoms. The van der Waals surface area contributed by atoms with Crippen molar-refractivity contribution in [2.24, 2.45) is 0 Å². The highest BCUT2D eigenvalue weighted by Crippen LogP contribution is 2.26. The van der Waals surface area contributed by atoms with Gasteiger partial charge >= 0.3 is 5.97 Å². The molecule has 1 fully saturated rings. The van der Waals surface area contributed by atoms with Crippen LogP contribution in [0.25, 0.3) is 0 Å². The SMILES string of the molecule is CC[C@H](O)/C=C/[C@H](O)[C@H]1C[C@@H](O)[C@@H](C/C=C\C/C=C\C/C=C\CCC(=O)O)O1. The minimum absolute atomic E-state index is 0.160. The van der Waals surface area contributed by atoms with Crippen LogP contribution in [-0.2, 0) is 9.53 Å². The molecule has 0 aromatic carbocycles. The largest absolute Gasteiger partial charge is 0.481 e. The van der Waals surface area contributed by atoms with Gasteiger partial charge in [-0.25, -0.2) is 0 Å². The zero-order valence-corrected chi connectivity index (χ0v) is 16.6. The van der Waals surface area contributed by atoms with E-state index in [1.807, 2.05) is 43.4 Å². The fraction of sp³-hybridized carbons (Fsp3) is 0.591. The molecule has 1 heterocycles. The Morgan fingerprint density at radius 3 is 2.36 bits per heavy atom. The average Bonchev–Trinajstić information content (AvgIpc) is 3.04. The first-order valence-electron chi connectivity index (χ1n) is 9.98. The summed E-state index contributed by atoms with van der Waals surface area (Å²) in [5, 5.41) is 38.2. The number of carbonyl (C=O) groups is 1. The summed E-state index contributed by atoms with van der Waals surface area (Å²) < 4.78 is 5.75. The third-order valence-corrected chi connectivity index (χ3v) is 4.52. The summed E-state index contributed by atoms with van der Waals surface area (Å²) in [6, 6.07) is 0. The van der Waals surface area contributed by atoms with Crippen LogP contribution in [0.5, 0.6) is 0 Å². The Bertz CT molecular complexity index is 551. The van der Waals surface area contributed by atoms with Crippen LogP contribution in [0, 0.1) is 0 Å². The zero-order valence-electron chi connectivity index (χ0n) is 16.6. The van der Waals surface area contributed by atoms with E-state index in [2.05, 4.69) is 0 Å². The number of carboxylic acids is 1. The number of allylic oxidation sites excluding steroid dienone is 5. The van der Waals surface area contributed by atoms with Gasteiger partial charge in [0.15, 0.2) is 0 Å². The maximum absolute atomic E-state index is 10.4. The summed E-state index contributed by atoms with van der Waals surface area (Å²) in [6.07, 6.45) is 15.9. The third kappa shape index (κ3) is 10.6. The second-order valence-electron chi connectivity index (χ2n) is 6.92. The van der Waals surface area contributed by atoms with Gasteiger partial charge in [0.2, 0.25) is 0 Å². The van der Waals surface area contributed by atoms with E-state index >= 15 is 0 Å². The molecule has 0 aromatic rings. The summed E-state index contributed by atoms with van der Waals surface area (Å²) in [6.45, 7) is 1.86. The van der Waals surface area contributed by atoms with Crippen molar-refractivity contribution >= 4 is 5.97 Å². The fourth-order valence-corrected chi connectivity index (χ4v) is 2.79. The van der Waals surface area contributed by atoms with E-state index in [0.29, 0.717) is 25.7 Å². The Balaban J connectivity index is 2.23. The molecule has 158 valence electrons. The Morgan fingerprint density at radius 1 is 1.07 bits per heavy atom. The number of hydrogen-bond donors (Lipinski definition) is 4. The van der Waals surface area contributed by atoms with Gasteiger partial charge in [-0.1, -0.05) is 55.5 Å². The van der Waals surface area contributed by atoms with Crippen LogP contribution in [0.1, 0.15) is 51.9 Å². The van der Waals surface area contributed by atoms with Crippen LogP contribution >= 0.6 is 0 Å². The molecule has 0 radical (unpaired) electrons. The maximum Gasteiger partial charge on any atom is 0.303 e. The van der Waals surface area contributed by atoms with Crippen molar-refractivity contribution in [3.05, 3.63) is 48.6 Å². The monoisotopic (exact) mass is 394 g/mol. The highest BCUT2D eigenvalue weighted by molar-refractivity contribution is 5.66. The van der Waals surface area contributed by atoms with E-state index in [1.54, 1.807) is 6.08 Å². The minimum Gasteiger partial charge on any atom is -0.481 e. The molecule has 1 saturated heterocycles. The molecule has 0 saturated carbocycles. The van der Waals surface area contributed by atoms with E-state index in [0.717, 1.165) is 12.8 Å². The Morgan fingerprint density at radius 2 is 1.71 bits per heavy atom. The number of aliphatic carboxylic acids is 1. The van der Waals surface area contributed by atoms with Crippen LogP contribution in [0.3, 0.4) is 0 Å². The fourth-order valence-electron chi connectivity index (χ4n) is 2.79. The molecule has 0 unspecified atom stereocenters. The van der Waals surface area contributed by atoms with Crippen molar-refractivity contribution in [3.63, 3.8) is 0 Å². The van der Waals surface area contributed by atoms with Gasteiger partial charge in [0, 0.05) is 12.8 Å². The van der Waals surface area contributed by atoms with Crippen LogP contribution in [0.15, 0.2) is 48.6 Å². The first-order valence-corrected chi connectivity index (χ1v) is 9.98. The highest BCUT2D eigenvalue weighted by Gasteiger charge is 2.36. The number of rotatable bonds is 13. The van der Waals surface area contributed by atoms with Crippen molar-refractivity contribution in [2.75, 3.05) is 0 Å².